The van der Waals surface area contributed by atoms with Crippen molar-refractivity contribution >= 4 is 0 Å². The van der Waals surface area contributed by atoms with Crippen LogP contribution < -0.4 is 17.1 Å². The second-order valence-corrected chi connectivity index (χ2v) is 2.87. The minimum Gasteiger partial charge on any atom is -0.344 e. The summed E-state index contributed by atoms with van der Waals surface area (Å²) in [4.78, 5) is 36.2. The molecule has 5 N–H and O–H groups in total. The van der Waals surface area contributed by atoms with E-state index in [9.17, 15) is 14.4 Å². The summed E-state index contributed by atoms with van der Waals surface area (Å²) in [6.07, 6.45) is -0.651. The number of hydrogen-bond acceptors (Lipinski definition) is 6. The van der Waals surface area contributed by atoms with Crippen LogP contribution in [0.4, 0.5) is 0 Å². The molecule has 15 heavy (non-hydrogen) atoms. The fourth-order valence-electron chi connectivity index (χ4n) is 0.918. The Morgan fingerprint density at radius 2 is 1.53 bits per heavy atom. The molecule has 0 saturated carbocycles. The predicted molar refractivity (Wildman–Crippen MR) is 45.9 cm³/mol. The normalized spacial score (nSPS) is 11.7. The summed E-state index contributed by atoms with van der Waals surface area (Å²) in [7, 11) is 0. The Bertz CT molecular complexity index is 469. The Kier molecular flexibility index (Phi) is 2.88. The average Bonchev–Trinajstić information content (AvgIpc) is 1.99. The van der Waals surface area contributed by atoms with Crippen molar-refractivity contribution in [2.45, 2.75) is 18.9 Å². The number of hydrogen-bond donors (Lipinski definition) is 5. The lowest BCUT2D eigenvalue weighted by Gasteiger charge is -2.13. The van der Waals surface area contributed by atoms with Gasteiger partial charge in [0, 0.05) is 13.0 Å². The molecule has 0 aliphatic rings. The monoisotopic (exact) mass is 219 g/mol. The lowest BCUT2D eigenvalue weighted by molar-refractivity contribution is -0.315. The zero-order valence-electron chi connectivity index (χ0n) is 7.43. The molecular formula is C6H9N3O6. The second-order valence-electron chi connectivity index (χ2n) is 2.87. The van der Waals surface area contributed by atoms with Gasteiger partial charge in [-0.25, -0.2) is 19.0 Å². The van der Waals surface area contributed by atoms with Crippen LogP contribution in [0.3, 0.4) is 0 Å². The van der Waals surface area contributed by atoms with Crippen LogP contribution in [0, 0.1) is 0 Å². The lowest BCUT2D eigenvalue weighted by atomic mass is 10.3. The van der Waals surface area contributed by atoms with Crippen LogP contribution in [0.2, 0.25) is 0 Å². The molecule has 9 nitrogen and oxygen atoms in total. The molecular weight excluding hydrogens is 210 g/mol. The Morgan fingerprint density at radius 1 is 1.07 bits per heavy atom. The minimum atomic E-state index is -2.97. The van der Waals surface area contributed by atoms with Crippen LogP contribution in [0.15, 0.2) is 14.4 Å². The van der Waals surface area contributed by atoms with Crippen molar-refractivity contribution in [3.05, 3.63) is 31.5 Å². The van der Waals surface area contributed by atoms with Crippen LogP contribution in [-0.4, -0.2) is 35.8 Å². The van der Waals surface area contributed by atoms with Crippen LogP contribution in [-0.2, 0) is 6.54 Å². The van der Waals surface area contributed by atoms with E-state index in [-0.39, 0.29) is 0 Å². The molecule has 0 aromatic carbocycles. The summed E-state index contributed by atoms with van der Waals surface area (Å²) >= 11 is 0. The van der Waals surface area contributed by atoms with Crippen molar-refractivity contribution in [1.29, 1.82) is 0 Å². The lowest BCUT2D eigenvalue weighted by Crippen LogP contribution is -2.44. The fourth-order valence-corrected chi connectivity index (χ4v) is 0.918. The summed E-state index contributed by atoms with van der Waals surface area (Å²) in [6, 6.07) is 0. The van der Waals surface area contributed by atoms with Gasteiger partial charge in [0.2, 0.25) is 0 Å². The van der Waals surface area contributed by atoms with Crippen LogP contribution in [0.1, 0.15) is 6.42 Å². The number of nitrogens with one attached hydrogen (secondary N) is 2. The van der Waals surface area contributed by atoms with E-state index < -0.39 is 36.0 Å². The summed E-state index contributed by atoms with van der Waals surface area (Å²) < 4.78 is 0.513. The molecule has 0 unspecified atom stereocenters. The molecule has 1 aromatic rings. The van der Waals surface area contributed by atoms with Crippen molar-refractivity contribution in [2.75, 3.05) is 0 Å². The molecule has 0 amide bonds. The van der Waals surface area contributed by atoms with Gasteiger partial charge in [0.05, 0.1) is 0 Å². The zero-order chi connectivity index (χ0) is 11.6. The highest BCUT2D eigenvalue weighted by molar-refractivity contribution is 4.69. The van der Waals surface area contributed by atoms with Gasteiger partial charge >= 0.3 is 17.1 Å². The van der Waals surface area contributed by atoms with E-state index in [1.165, 1.54) is 0 Å². The van der Waals surface area contributed by atoms with Crippen LogP contribution in [0.25, 0.3) is 0 Å². The number of nitrogens with zero attached hydrogens (tertiary/aromatic N) is 1. The highest BCUT2D eigenvalue weighted by Gasteiger charge is 2.18. The largest absolute Gasteiger partial charge is 0.344 e. The van der Waals surface area contributed by atoms with Crippen molar-refractivity contribution in [3.8, 4) is 0 Å². The number of aromatic nitrogens is 3. The van der Waals surface area contributed by atoms with Crippen LogP contribution in [0.5, 0.6) is 0 Å². The maximum absolute atomic E-state index is 11.0. The van der Waals surface area contributed by atoms with Gasteiger partial charge in [-0.05, 0) is 0 Å². The number of rotatable bonds is 3. The Morgan fingerprint density at radius 3 is 1.93 bits per heavy atom. The Labute approximate surface area is 81.3 Å². The summed E-state index contributed by atoms with van der Waals surface area (Å²) in [6.45, 7) is -0.450. The molecule has 0 bridgehead atoms. The molecule has 0 saturated heterocycles. The molecule has 1 heterocycles. The zero-order valence-corrected chi connectivity index (χ0v) is 7.43. The number of aromatic amines is 2. The van der Waals surface area contributed by atoms with Gasteiger partial charge in [-0.2, -0.15) is 0 Å². The first-order valence-electron chi connectivity index (χ1n) is 3.90. The quantitative estimate of drug-likeness (QED) is 0.330. The first-order chi connectivity index (χ1) is 6.79. The van der Waals surface area contributed by atoms with E-state index in [1.807, 2.05) is 0 Å². The third-order valence-electron chi connectivity index (χ3n) is 1.60. The van der Waals surface area contributed by atoms with E-state index in [4.69, 9.17) is 15.3 Å². The molecule has 0 radical (unpaired) electrons. The predicted octanol–water partition coefficient (Wildman–Crippen LogP) is -3.75. The molecule has 1 aromatic heterocycles. The van der Waals surface area contributed by atoms with Gasteiger partial charge < -0.3 is 15.3 Å². The highest BCUT2D eigenvalue weighted by atomic mass is 16.7. The van der Waals surface area contributed by atoms with E-state index >= 15 is 0 Å². The third-order valence-corrected chi connectivity index (χ3v) is 1.60. The van der Waals surface area contributed by atoms with Gasteiger partial charge in [0.25, 0.3) is 5.97 Å². The van der Waals surface area contributed by atoms with E-state index in [2.05, 4.69) is 0 Å². The van der Waals surface area contributed by atoms with Crippen LogP contribution >= 0.6 is 0 Å². The molecule has 0 aliphatic carbocycles. The molecule has 1 rings (SSSR count). The molecule has 0 fully saturated rings. The Hall–Kier alpha value is -1.71. The van der Waals surface area contributed by atoms with E-state index in [1.54, 1.807) is 9.97 Å². The maximum atomic E-state index is 11.0. The SMILES string of the molecule is O=c1[nH]c(=O)n(CCC(O)(O)O)c(=O)[nH]1. The molecule has 0 aliphatic heterocycles. The number of aliphatic hydroxyl groups is 3. The minimum absolute atomic E-state index is 0.450. The first kappa shape index (κ1) is 11.4. The Balaban J connectivity index is 3.02. The second kappa shape index (κ2) is 3.81. The maximum Gasteiger partial charge on any atom is 0.333 e. The van der Waals surface area contributed by atoms with Crippen molar-refractivity contribution < 1.29 is 15.3 Å². The average molecular weight is 219 g/mol. The summed E-state index contributed by atoms with van der Waals surface area (Å²) in [5, 5.41) is 25.6. The van der Waals surface area contributed by atoms with E-state index in [0.717, 1.165) is 0 Å². The molecule has 84 valence electrons. The first-order valence-corrected chi connectivity index (χ1v) is 3.90. The van der Waals surface area contributed by atoms with Crippen molar-refractivity contribution in [1.82, 2.24) is 14.5 Å². The number of H-pyrrole nitrogens is 2. The van der Waals surface area contributed by atoms with Gasteiger partial charge in [-0.3, -0.25) is 9.97 Å². The summed E-state index contributed by atoms with van der Waals surface area (Å²) in [5.41, 5.74) is -2.94. The third kappa shape index (κ3) is 3.16. The van der Waals surface area contributed by atoms with Gasteiger partial charge in [-0.15, -0.1) is 0 Å². The fraction of sp³-hybridized carbons (Fsp3) is 0.500. The van der Waals surface area contributed by atoms with Gasteiger partial charge in [-0.1, -0.05) is 0 Å². The standard InChI is InChI=1S/C6H9N3O6/c10-3-7-4(11)9(5(12)8-3)2-1-6(13,14)15/h13-15H,1-2H2,(H2,7,8,10,11,12). The molecule has 9 heteroatoms. The smallest absolute Gasteiger partial charge is 0.333 e. The summed E-state index contributed by atoms with van der Waals surface area (Å²) in [5.74, 6) is -2.97. The van der Waals surface area contributed by atoms with Crippen molar-refractivity contribution in [3.63, 3.8) is 0 Å². The van der Waals surface area contributed by atoms with Crippen molar-refractivity contribution in [2.24, 2.45) is 0 Å². The topological polar surface area (TPSA) is 148 Å². The van der Waals surface area contributed by atoms with Gasteiger partial charge in [0.1, 0.15) is 0 Å². The highest BCUT2D eigenvalue weighted by Crippen LogP contribution is 1.99. The molecule has 0 atom stereocenters. The molecule has 0 spiro atoms. The van der Waals surface area contributed by atoms with E-state index in [0.29, 0.717) is 4.57 Å². The van der Waals surface area contributed by atoms with Gasteiger partial charge in [0.15, 0.2) is 0 Å².